The SMILES string of the molecule is C[C@@H](N)C(O)c1ccc2c(c1)CCC2. The minimum Gasteiger partial charge on any atom is -0.387 e. The summed E-state index contributed by atoms with van der Waals surface area (Å²) < 4.78 is 0. The molecule has 0 spiro atoms. The first-order valence-corrected chi connectivity index (χ1v) is 5.24. The molecule has 0 amide bonds. The van der Waals surface area contributed by atoms with Crippen molar-refractivity contribution in [2.75, 3.05) is 0 Å². The fraction of sp³-hybridized carbons (Fsp3) is 0.500. The molecule has 1 aromatic rings. The third-order valence-electron chi connectivity index (χ3n) is 2.96. The summed E-state index contributed by atoms with van der Waals surface area (Å²) in [6.07, 6.45) is 3.05. The van der Waals surface area contributed by atoms with Gasteiger partial charge in [0.2, 0.25) is 0 Å². The Kier molecular flexibility index (Phi) is 2.57. The van der Waals surface area contributed by atoms with E-state index in [1.165, 1.54) is 24.0 Å². The zero-order chi connectivity index (χ0) is 10.1. The van der Waals surface area contributed by atoms with Gasteiger partial charge in [-0.1, -0.05) is 18.2 Å². The van der Waals surface area contributed by atoms with Crippen LogP contribution in [0.2, 0.25) is 0 Å². The van der Waals surface area contributed by atoms with Crippen LogP contribution in [0.1, 0.15) is 36.1 Å². The molecule has 76 valence electrons. The zero-order valence-corrected chi connectivity index (χ0v) is 8.53. The Morgan fingerprint density at radius 3 is 2.71 bits per heavy atom. The average Bonchev–Trinajstić information content (AvgIpc) is 2.62. The number of aliphatic hydroxyl groups is 1. The zero-order valence-electron chi connectivity index (χ0n) is 8.53. The van der Waals surface area contributed by atoms with Gasteiger partial charge in [-0.2, -0.15) is 0 Å². The second-order valence-electron chi connectivity index (χ2n) is 4.19. The van der Waals surface area contributed by atoms with E-state index in [1.54, 1.807) is 0 Å². The monoisotopic (exact) mass is 191 g/mol. The van der Waals surface area contributed by atoms with E-state index in [9.17, 15) is 5.11 Å². The Bertz CT molecular complexity index is 333. The summed E-state index contributed by atoms with van der Waals surface area (Å²) >= 11 is 0. The number of hydrogen-bond acceptors (Lipinski definition) is 2. The van der Waals surface area contributed by atoms with Gasteiger partial charge in [0.25, 0.3) is 0 Å². The molecule has 0 heterocycles. The van der Waals surface area contributed by atoms with E-state index < -0.39 is 6.10 Å². The summed E-state index contributed by atoms with van der Waals surface area (Å²) in [7, 11) is 0. The topological polar surface area (TPSA) is 46.2 Å². The second-order valence-corrected chi connectivity index (χ2v) is 4.19. The summed E-state index contributed by atoms with van der Waals surface area (Å²) in [4.78, 5) is 0. The summed E-state index contributed by atoms with van der Waals surface area (Å²) in [5.41, 5.74) is 9.45. The molecule has 0 fully saturated rings. The summed E-state index contributed by atoms with van der Waals surface area (Å²) in [6.45, 7) is 1.83. The minimum absolute atomic E-state index is 0.200. The lowest BCUT2D eigenvalue weighted by molar-refractivity contribution is 0.153. The number of aryl methyl sites for hydroxylation is 2. The number of rotatable bonds is 2. The number of nitrogens with two attached hydrogens (primary N) is 1. The Morgan fingerprint density at radius 2 is 2.00 bits per heavy atom. The van der Waals surface area contributed by atoms with Crippen molar-refractivity contribution in [1.29, 1.82) is 0 Å². The Labute approximate surface area is 84.7 Å². The second kappa shape index (κ2) is 3.71. The largest absolute Gasteiger partial charge is 0.387 e. The number of aliphatic hydroxyl groups excluding tert-OH is 1. The first-order chi connectivity index (χ1) is 6.68. The fourth-order valence-corrected chi connectivity index (χ4v) is 2.08. The van der Waals surface area contributed by atoms with Crippen molar-refractivity contribution in [3.05, 3.63) is 34.9 Å². The molecule has 2 heteroatoms. The maximum atomic E-state index is 9.80. The van der Waals surface area contributed by atoms with E-state index >= 15 is 0 Å². The standard InChI is InChI=1S/C12H17NO/c1-8(13)12(14)11-6-5-9-3-2-4-10(9)7-11/h5-8,12,14H,2-4,13H2,1H3/t8-,12?/m1/s1. The van der Waals surface area contributed by atoms with Gasteiger partial charge in [0, 0.05) is 6.04 Å². The van der Waals surface area contributed by atoms with Crippen LogP contribution in [0.5, 0.6) is 0 Å². The molecular weight excluding hydrogens is 174 g/mol. The maximum Gasteiger partial charge on any atom is 0.0938 e. The number of hydrogen-bond donors (Lipinski definition) is 2. The van der Waals surface area contributed by atoms with Gasteiger partial charge in [-0.25, -0.2) is 0 Å². The summed E-state index contributed by atoms with van der Waals surface area (Å²) in [5, 5.41) is 9.80. The van der Waals surface area contributed by atoms with Gasteiger partial charge in [-0.15, -0.1) is 0 Å². The van der Waals surface area contributed by atoms with E-state index in [-0.39, 0.29) is 6.04 Å². The molecule has 1 aliphatic carbocycles. The normalized spacial score (nSPS) is 19.1. The molecule has 0 aliphatic heterocycles. The molecule has 1 unspecified atom stereocenters. The molecule has 14 heavy (non-hydrogen) atoms. The molecule has 1 aliphatic rings. The number of benzene rings is 1. The smallest absolute Gasteiger partial charge is 0.0938 e. The van der Waals surface area contributed by atoms with Crippen LogP contribution in [0.4, 0.5) is 0 Å². The molecule has 1 aromatic carbocycles. The first-order valence-electron chi connectivity index (χ1n) is 5.24. The molecule has 0 radical (unpaired) electrons. The highest BCUT2D eigenvalue weighted by Gasteiger charge is 2.16. The van der Waals surface area contributed by atoms with Gasteiger partial charge in [0.05, 0.1) is 6.10 Å². The van der Waals surface area contributed by atoms with Crippen molar-refractivity contribution in [3.8, 4) is 0 Å². The van der Waals surface area contributed by atoms with Crippen LogP contribution in [-0.2, 0) is 12.8 Å². The molecule has 0 saturated heterocycles. The highest BCUT2D eigenvalue weighted by molar-refractivity contribution is 5.36. The highest BCUT2D eigenvalue weighted by Crippen LogP contribution is 2.26. The van der Waals surface area contributed by atoms with Crippen molar-refractivity contribution >= 4 is 0 Å². The van der Waals surface area contributed by atoms with Crippen molar-refractivity contribution in [3.63, 3.8) is 0 Å². The van der Waals surface area contributed by atoms with Gasteiger partial charge >= 0.3 is 0 Å². The van der Waals surface area contributed by atoms with E-state index in [4.69, 9.17) is 5.73 Å². The predicted octanol–water partition coefficient (Wildman–Crippen LogP) is 1.56. The Balaban J connectivity index is 2.28. The van der Waals surface area contributed by atoms with Crippen molar-refractivity contribution in [1.82, 2.24) is 0 Å². The molecule has 0 saturated carbocycles. The third kappa shape index (κ3) is 1.68. The lowest BCUT2D eigenvalue weighted by Gasteiger charge is -2.15. The number of fused-ring (bicyclic) bond motifs is 1. The van der Waals surface area contributed by atoms with Crippen LogP contribution in [0.25, 0.3) is 0 Å². The van der Waals surface area contributed by atoms with E-state index in [0.29, 0.717) is 0 Å². The van der Waals surface area contributed by atoms with Crippen LogP contribution in [0, 0.1) is 0 Å². The lowest BCUT2D eigenvalue weighted by Crippen LogP contribution is -2.24. The molecule has 2 nitrogen and oxygen atoms in total. The highest BCUT2D eigenvalue weighted by atomic mass is 16.3. The Hall–Kier alpha value is -0.860. The fourth-order valence-electron chi connectivity index (χ4n) is 2.08. The first kappa shape index (κ1) is 9.69. The van der Waals surface area contributed by atoms with Crippen molar-refractivity contribution in [2.45, 2.75) is 38.3 Å². The van der Waals surface area contributed by atoms with Gasteiger partial charge in [-0.05, 0) is 42.9 Å². The van der Waals surface area contributed by atoms with Crippen LogP contribution in [0.15, 0.2) is 18.2 Å². The molecule has 2 rings (SSSR count). The molecule has 0 bridgehead atoms. The van der Waals surface area contributed by atoms with Crippen LogP contribution >= 0.6 is 0 Å². The maximum absolute atomic E-state index is 9.80. The van der Waals surface area contributed by atoms with Gasteiger partial charge in [0.15, 0.2) is 0 Å². The minimum atomic E-state index is -0.527. The molecule has 2 atom stereocenters. The van der Waals surface area contributed by atoms with Crippen LogP contribution < -0.4 is 5.73 Å². The van der Waals surface area contributed by atoms with Crippen LogP contribution in [0.3, 0.4) is 0 Å². The quantitative estimate of drug-likeness (QED) is 0.745. The lowest BCUT2D eigenvalue weighted by atomic mass is 9.99. The molecule has 0 aromatic heterocycles. The van der Waals surface area contributed by atoms with Crippen LogP contribution in [-0.4, -0.2) is 11.1 Å². The van der Waals surface area contributed by atoms with Crippen molar-refractivity contribution in [2.24, 2.45) is 5.73 Å². The van der Waals surface area contributed by atoms with Gasteiger partial charge < -0.3 is 10.8 Å². The summed E-state index contributed by atoms with van der Waals surface area (Å²) in [6, 6.07) is 6.03. The third-order valence-corrected chi connectivity index (χ3v) is 2.96. The van der Waals surface area contributed by atoms with Crippen molar-refractivity contribution < 1.29 is 5.11 Å². The molecule has 3 N–H and O–H groups in total. The van der Waals surface area contributed by atoms with Gasteiger partial charge in [0.1, 0.15) is 0 Å². The molecular formula is C12H17NO. The summed E-state index contributed by atoms with van der Waals surface area (Å²) in [5.74, 6) is 0. The predicted molar refractivity (Wildman–Crippen MR) is 57.1 cm³/mol. The Morgan fingerprint density at radius 1 is 1.29 bits per heavy atom. The van der Waals surface area contributed by atoms with E-state index in [1.807, 2.05) is 13.0 Å². The van der Waals surface area contributed by atoms with E-state index in [2.05, 4.69) is 12.1 Å². The average molecular weight is 191 g/mol. The van der Waals surface area contributed by atoms with Gasteiger partial charge in [-0.3, -0.25) is 0 Å². The van der Waals surface area contributed by atoms with E-state index in [0.717, 1.165) is 12.0 Å².